The highest BCUT2D eigenvalue weighted by molar-refractivity contribution is 5.76. The van der Waals surface area contributed by atoms with Gasteiger partial charge in [0.05, 0.1) is 26.9 Å². The number of benzene rings is 1. The van der Waals surface area contributed by atoms with Crippen molar-refractivity contribution in [2.24, 2.45) is 0 Å². The highest BCUT2D eigenvalue weighted by atomic mass is 16.6. The number of aliphatic hydroxyl groups is 1. The van der Waals surface area contributed by atoms with Crippen molar-refractivity contribution in [1.82, 2.24) is 5.43 Å². The number of nitro groups is 3. The van der Waals surface area contributed by atoms with Crippen LogP contribution in [0.15, 0.2) is 12.1 Å². The van der Waals surface area contributed by atoms with Gasteiger partial charge in [-0.15, -0.1) is 0 Å². The van der Waals surface area contributed by atoms with Crippen molar-refractivity contribution in [3.8, 4) is 0 Å². The molecule has 0 radical (unpaired) electrons. The van der Waals surface area contributed by atoms with Gasteiger partial charge in [0.2, 0.25) is 5.69 Å². The lowest BCUT2D eigenvalue weighted by Crippen LogP contribution is -2.31. The van der Waals surface area contributed by atoms with Gasteiger partial charge in [-0.05, 0) is 6.92 Å². The van der Waals surface area contributed by atoms with Gasteiger partial charge in [-0.1, -0.05) is 0 Å². The van der Waals surface area contributed by atoms with Crippen LogP contribution < -0.4 is 10.9 Å². The lowest BCUT2D eigenvalue weighted by molar-refractivity contribution is -0.401. The van der Waals surface area contributed by atoms with Crippen LogP contribution in [0.2, 0.25) is 0 Å². The molecule has 108 valence electrons. The van der Waals surface area contributed by atoms with E-state index >= 15 is 0 Å². The lowest BCUT2D eigenvalue weighted by atomic mass is 10.2. The number of hydrogen-bond acceptors (Lipinski definition) is 9. The molecule has 0 amide bonds. The van der Waals surface area contributed by atoms with E-state index < -0.39 is 43.7 Å². The van der Waals surface area contributed by atoms with Crippen LogP contribution >= 0.6 is 0 Å². The molecule has 20 heavy (non-hydrogen) atoms. The van der Waals surface area contributed by atoms with E-state index in [9.17, 15) is 30.3 Å². The fraction of sp³-hybridized carbons (Fsp3) is 0.250. The van der Waals surface area contributed by atoms with Crippen LogP contribution in [0.3, 0.4) is 0 Å². The zero-order valence-electron chi connectivity index (χ0n) is 9.97. The summed E-state index contributed by atoms with van der Waals surface area (Å²) in [5.41, 5.74) is 1.13. The fourth-order valence-corrected chi connectivity index (χ4v) is 1.30. The summed E-state index contributed by atoms with van der Waals surface area (Å²) in [6.07, 6.45) is -1.16. The average Bonchev–Trinajstić information content (AvgIpc) is 2.34. The van der Waals surface area contributed by atoms with Crippen molar-refractivity contribution >= 4 is 22.7 Å². The first-order valence-electron chi connectivity index (χ1n) is 5.05. The Bertz CT molecular complexity index is 537. The summed E-state index contributed by atoms with van der Waals surface area (Å²) in [6, 6.07) is 1.16. The predicted molar refractivity (Wildman–Crippen MR) is 64.8 cm³/mol. The smallest absolute Gasteiger partial charge is 0.307 e. The molecule has 0 aromatic heterocycles. The maximum atomic E-state index is 10.8. The van der Waals surface area contributed by atoms with Crippen molar-refractivity contribution in [2.75, 3.05) is 5.43 Å². The number of rotatable bonds is 6. The Balaban J connectivity index is 3.46. The van der Waals surface area contributed by atoms with Crippen LogP contribution in [0, 0.1) is 30.3 Å². The minimum absolute atomic E-state index is 0.582. The van der Waals surface area contributed by atoms with Gasteiger partial charge >= 0.3 is 11.4 Å². The van der Waals surface area contributed by atoms with Crippen LogP contribution in [-0.4, -0.2) is 26.1 Å². The maximum Gasteiger partial charge on any atom is 0.307 e. The second-order valence-corrected chi connectivity index (χ2v) is 3.58. The molecule has 0 saturated heterocycles. The van der Waals surface area contributed by atoms with Crippen molar-refractivity contribution in [3.05, 3.63) is 42.5 Å². The van der Waals surface area contributed by atoms with E-state index in [2.05, 4.69) is 10.9 Å². The Morgan fingerprint density at radius 3 is 1.80 bits per heavy atom. The minimum atomic E-state index is -1.16. The van der Waals surface area contributed by atoms with Gasteiger partial charge in [-0.2, -0.15) is 0 Å². The molecule has 0 heterocycles. The second-order valence-electron chi connectivity index (χ2n) is 3.58. The molecule has 0 spiro atoms. The van der Waals surface area contributed by atoms with Crippen molar-refractivity contribution < 1.29 is 19.9 Å². The van der Waals surface area contributed by atoms with Crippen molar-refractivity contribution in [1.29, 1.82) is 0 Å². The molecule has 1 rings (SSSR count). The van der Waals surface area contributed by atoms with E-state index in [-0.39, 0.29) is 0 Å². The zero-order chi connectivity index (χ0) is 15.4. The predicted octanol–water partition coefficient (Wildman–Crippen LogP) is 0.666. The number of hydrazine groups is 1. The molecular formula is C8H9N5O7. The third-order valence-electron chi connectivity index (χ3n) is 2.09. The van der Waals surface area contributed by atoms with Gasteiger partial charge in [0.25, 0.3) is 5.69 Å². The monoisotopic (exact) mass is 287 g/mol. The van der Waals surface area contributed by atoms with E-state index in [0.29, 0.717) is 12.1 Å². The van der Waals surface area contributed by atoms with Crippen LogP contribution in [0.1, 0.15) is 6.92 Å². The molecule has 0 aliphatic heterocycles. The Morgan fingerprint density at radius 1 is 1.05 bits per heavy atom. The van der Waals surface area contributed by atoms with Gasteiger partial charge < -0.3 is 10.5 Å². The fourth-order valence-electron chi connectivity index (χ4n) is 1.30. The van der Waals surface area contributed by atoms with E-state index in [1.54, 1.807) is 0 Å². The van der Waals surface area contributed by atoms with Crippen LogP contribution in [0.25, 0.3) is 0 Å². The van der Waals surface area contributed by atoms with E-state index in [1.807, 2.05) is 0 Å². The Labute approximate surface area is 110 Å². The maximum absolute atomic E-state index is 10.8. The summed E-state index contributed by atoms with van der Waals surface area (Å²) < 4.78 is 0. The summed E-state index contributed by atoms with van der Waals surface area (Å²) >= 11 is 0. The zero-order valence-corrected chi connectivity index (χ0v) is 9.97. The highest BCUT2D eigenvalue weighted by Gasteiger charge is 2.30. The van der Waals surface area contributed by atoms with Crippen LogP contribution in [0.5, 0.6) is 0 Å². The minimum Gasteiger partial charge on any atom is -0.377 e. The SMILES string of the molecule is CC(O)NNc1c([N+](=O)[O-])cc([N+](=O)[O-])cc1[N+](=O)[O-]. The van der Waals surface area contributed by atoms with E-state index in [4.69, 9.17) is 5.11 Å². The number of non-ortho nitro benzene ring substituents is 1. The summed E-state index contributed by atoms with van der Waals surface area (Å²) in [5, 5.41) is 41.3. The molecule has 0 bridgehead atoms. The molecule has 1 aromatic carbocycles. The first-order valence-corrected chi connectivity index (χ1v) is 5.05. The van der Waals surface area contributed by atoms with E-state index in [0.717, 1.165) is 0 Å². The largest absolute Gasteiger partial charge is 0.377 e. The Hall–Kier alpha value is -2.86. The lowest BCUT2D eigenvalue weighted by Gasteiger charge is -2.10. The second kappa shape index (κ2) is 5.85. The number of nitrogens with zero attached hydrogens (tertiary/aromatic N) is 3. The highest BCUT2D eigenvalue weighted by Crippen LogP contribution is 2.37. The van der Waals surface area contributed by atoms with Gasteiger partial charge in [0.1, 0.15) is 6.23 Å². The first kappa shape index (κ1) is 15.2. The average molecular weight is 287 g/mol. The molecular weight excluding hydrogens is 278 g/mol. The number of hydrogen-bond donors (Lipinski definition) is 3. The molecule has 3 N–H and O–H groups in total. The van der Waals surface area contributed by atoms with E-state index in [1.165, 1.54) is 6.92 Å². The number of nitrogens with one attached hydrogen (secondary N) is 2. The Morgan fingerprint density at radius 2 is 1.50 bits per heavy atom. The standard InChI is InChI=1S/C8H9N5O7/c1-4(14)9-10-8-6(12(17)18)2-5(11(15)16)3-7(8)13(19)20/h2-4,9-10,14H,1H3. The summed E-state index contributed by atoms with van der Waals surface area (Å²) in [6.45, 7) is 1.26. The molecule has 12 nitrogen and oxygen atoms in total. The number of nitro benzene ring substituents is 3. The van der Waals surface area contributed by atoms with Gasteiger partial charge in [-0.3, -0.25) is 30.3 Å². The van der Waals surface area contributed by atoms with Gasteiger partial charge in [0, 0.05) is 0 Å². The third kappa shape index (κ3) is 3.33. The van der Waals surface area contributed by atoms with Gasteiger partial charge in [-0.25, -0.2) is 5.43 Å². The molecule has 12 heteroatoms. The normalized spacial score (nSPS) is 11.7. The Kier molecular flexibility index (Phi) is 4.45. The molecule has 0 saturated carbocycles. The van der Waals surface area contributed by atoms with Gasteiger partial charge in [0.15, 0.2) is 0 Å². The van der Waals surface area contributed by atoms with Crippen LogP contribution in [-0.2, 0) is 0 Å². The molecule has 1 unspecified atom stereocenters. The summed E-state index contributed by atoms with van der Waals surface area (Å²) in [4.78, 5) is 29.3. The first-order chi connectivity index (χ1) is 9.23. The molecule has 0 aliphatic carbocycles. The molecule has 1 atom stereocenters. The topological polar surface area (TPSA) is 174 Å². The van der Waals surface area contributed by atoms with Crippen LogP contribution in [0.4, 0.5) is 22.7 Å². The molecule has 0 aliphatic rings. The summed E-state index contributed by atoms with van der Waals surface area (Å²) in [7, 11) is 0. The molecule has 0 fully saturated rings. The van der Waals surface area contributed by atoms with Crippen molar-refractivity contribution in [2.45, 2.75) is 13.2 Å². The number of aliphatic hydroxyl groups excluding tert-OH is 1. The third-order valence-corrected chi connectivity index (χ3v) is 2.09. The quantitative estimate of drug-likeness (QED) is 0.385. The summed E-state index contributed by atoms with van der Waals surface area (Å²) in [5.74, 6) is 0. The molecule has 1 aromatic rings. The number of anilines is 1. The van der Waals surface area contributed by atoms with Crippen molar-refractivity contribution in [3.63, 3.8) is 0 Å².